The number of amides is 1. The maximum atomic E-state index is 12.1. The Kier molecular flexibility index (Phi) is 6.78. The van der Waals surface area contributed by atoms with E-state index in [1.54, 1.807) is 0 Å². The Morgan fingerprint density at radius 2 is 1.75 bits per heavy atom. The number of aromatic nitrogens is 2. The molecule has 0 radical (unpaired) electrons. The van der Waals surface area contributed by atoms with Crippen LogP contribution in [0.4, 0.5) is 0 Å². The first-order valence-corrected chi connectivity index (χ1v) is 9.58. The van der Waals surface area contributed by atoms with Crippen molar-refractivity contribution in [2.24, 2.45) is 0 Å². The number of nitrogens with one attached hydrogen (secondary N) is 1. The number of hydrogen-bond acceptors (Lipinski definition) is 5. The Morgan fingerprint density at radius 3 is 2.43 bits per heavy atom. The molecule has 1 N–H and O–H groups in total. The average molecular weight is 379 g/mol. The second-order valence-corrected chi connectivity index (χ2v) is 6.42. The van der Waals surface area contributed by atoms with Gasteiger partial charge in [-0.25, -0.2) is 0 Å². The molecule has 0 saturated heterocycles. The van der Waals surface area contributed by atoms with Gasteiger partial charge in [-0.15, -0.1) is 0 Å². The van der Waals surface area contributed by atoms with Gasteiger partial charge in [-0.3, -0.25) is 4.79 Å². The molecular weight excluding hydrogens is 354 g/mol. The van der Waals surface area contributed by atoms with Crippen LogP contribution < -0.4 is 10.1 Å². The standard InChI is InChI=1S/C22H25N3O3/c1-3-16-5-7-17(8-6-16)15-23-20(26)13-14-21-24-22(25-28-21)18-9-11-19(12-10-18)27-4-2/h5-12H,3-4,13-15H2,1-2H3,(H,23,26). The number of rotatable bonds is 9. The minimum Gasteiger partial charge on any atom is -0.494 e. The number of aryl methyl sites for hydroxylation is 2. The van der Waals surface area contributed by atoms with E-state index in [2.05, 4.69) is 34.5 Å². The van der Waals surface area contributed by atoms with Crippen molar-refractivity contribution in [3.63, 3.8) is 0 Å². The second-order valence-electron chi connectivity index (χ2n) is 6.42. The van der Waals surface area contributed by atoms with E-state index in [0.717, 1.165) is 23.3 Å². The fourth-order valence-electron chi connectivity index (χ4n) is 2.74. The summed E-state index contributed by atoms with van der Waals surface area (Å²) in [6, 6.07) is 15.8. The molecule has 3 rings (SSSR count). The van der Waals surface area contributed by atoms with Crippen molar-refractivity contribution in [2.75, 3.05) is 6.61 Å². The fourth-order valence-corrected chi connectivity index (χ4v) is 2.74. The van der Waals surface area contributed by atoms with E-state index in [1.807, 2.05) is 43.3 Å². The van der Waals surface area contributed by atoms with E-state index in [4.69, 9.17) is 9.26 Å². The van der Waals surface area contributed by atoms with Gasteiger partial charge in [-0.05, 0) is 48.7 Å². The SMILES string of the molecule is CCOc1ccc(-c2noc(CCC(=O)NCc3ccc(CC)cc3)n2)cc1. The maximum absolute atomic E-state index is 12.1. The Bertz CT molecular complexity index is 886. The molecule has 6 heteroatoms. The molecule has 0 bridgehead atoms. The highest BCUT2D eigenvalue weighted by Gasteiger charge is 2.11. The van der Waals surface area contributed by atoms with Crippen LogP contribution in [0.15, 0.2) is 53.1 Å². The lowest BCUT2D eigenvalue weighted by atomic mass is 10.1. The highest BCUT2D eigenvalue weighted by atomic mass is 16.5. The summed E-state index contributed by atoms with van der Waals surface area (Å²) in [4.78, 5) is 16.4. The van der Waals surface area contributed by atoms with Gasteiger partial charge in [0.2, 0.25) is 17.6 Å². The number of ether oxygens (including phenoxy) is 1. The maximum Gasteiger partial charge on any atom is 0.227 e. The predicted molar refractivity (Wildman–Crippen MR) is 107 cm³/mol. The number of benzene rings is 2. The van der Waals surface area contributed by atoms with Gasteiger partial charge in [0.15, 0.2) is 0 Å². The van der Waals surface area contributed by atoms with Crippen molar-refractivity contribution in [2.45, 2.75) is 39.7 Å². The van der Waals surface area contributed by atoms with Crippen molar-refractivity contribution in [3.05, 3.63) is 65.5 Å². The first-order chi connectivity index (χ1) is 13.7. The van der Waals surface area contributed by atoms with E-state index in [1.165, 1.54) is 5.56 Å². The van der Waals surface area contributed by atoms with Gasteiger partial charge in [0.05, 0.1) is 6.61 Å². The summed E-state index contributed by atoms with van der Waals surface area (Å²) in [6.45, 7) is 5.20. The Labute approximate surface area is 164 Å². The van der Waals surface area contributed by atoms with E-state index < -0.39 is 0 Å². The monoisotopic (exact) mass is 379 g/mol. The molecule has 28 heavy (non-hydrogen) atoms. The van der Waals surface area contributed by atoms with E-state index in [9.17, 15) is 4.79 Å². The lowest BCUT2D eigenvalue weighted by molar-refractivity contribution is -0.121. The van der Waals surface area contributed by atoms with Crippen LogP contribution in [0.25, 0.3) is 11.4 Å². The van der Waals surface area contributed by atoms with Crippen molar-refractivity contribution >= 4 is 5.91 Å². The highest BCUT2D eigenvalue weighted by Crippen LogP contribution is 2.20. The molecule has 0 fully saturated rings. The van der Waals surface area contributed by atoms with Crippen LogP contribution in [0.5, 0.6) is 5.75 Å². The van der Waals surface area contributed by atoms with Crippen LogP contribution in [0.1, 0.15) is 37.3 Å². The molecule has 0 atom stereocenters. The Morgan fingerprint density at radius 1 is 1.04 bits per heavy atom. The zero-order chi connectivity index (χ0) is 19.8. The topological polar surface area (TPSA) is 77.2 Å². The van der Waals surface area contributed by atoms with Gasteiger partial charge >= 0.3 is 0 Å². The third-order valence-corrected chi connectivity index (χ3v) is 4.38. The molecule has 2 aromatic carbocycles. The molecule has 1 aromatic heterocycles. The lowest BCUT2D eigenvalue weighted by Crippen LogP contribution is -2.23. The second kappa shape index (κ2) is 9.69. The normalized spacial score (nSPS) is 10.6. The van der Waals surface area contributed by atoms with Crippen LogP contribution in [0.3, 0.4) is 0 Å². The number of carbonyl (C=O) groups is 1. The van der Waals surface area contributed by atoms with Crippen LogP contribution in [-0.4, -0.2) is 22.7 Å². The molecule has 1 amide bonds. The van der Waals surface area contributed by atoms with E-state index in [-0.39, 0.29) is 5.91 Å². The van der Waals surface area contributed by atoms with Crippen LogP contribution >= 0.6 is 0 Å². The Balaban J connectivity index is 1.47. The molecule has 0 saturated carbocycles. The van der Waals surface area contributed by atoms with Crippen molar-refractivity contribution < 1.29 is 14.1 Å². The predicted octanol–water partition coefficient (Wildman–Crippen LogP) is 3.95. The zero-order valence-corrected chi connectivity index (χ0v) is 16.3. The number of carbonyl (C=O) groups excluding carboxylic acids is 1. The average Bonchev–Trinajstić information content (AvgIpc) is 3.21. The smallest absolute Gasteiger partial charge is 0.227 e. The Hall–Kier alpha value is -3.15. The minimum atomic E-state index is -0.0413. The number of hydrogen-bond donors (Lipinski definition) is 1. The number of nitrogens with zero attached hydrogens (tertiary/aromatic N) is 2. The summed E-state index contributed by atoms with van der Waals surface area (Å²) in [6.07, 6.45) is 1.72. The van der Waals surface area contributed by atoms with Gasteiger partial charge in [0, 0.05) is 24.9 Å². The van der Waals surface area contributed by atoms with Gasteiger partial charge in [0.1, 0.15) is 5.75 Å². The summed E-state index contributed by atoms with van der Waals surface area (Å²) >= 11 is 0. The van der Waals surface area contributed by atoms with E-state index in [0.29, 0.717) is 37.7 Å². The quantitative estimate of drug-likeness (QED) is 0.609. The van der Waals surface area contributed by atoms with E-state index >= 15 is 0 Å². The molecule has 3 aromatic rings. The first kappa shape index (κ1) is 19.6. The van der Waals surface area contributed by atoms with Crippen molar-refractivity contribution in [3.8, 4) is 17.1 Å². The largest absolute Gasteiger partial charge is 0.494 e. The molecule has 146 valence electrons. The highest BCUT2D eigenvalue weighted by molar-refractivity contribution is 5.76. The molecule has 0 spiro atoms. The van der Waals surface area contributed by atoms with Gasteiger partial charge in [-0.2, -0.15) is 4.98 Å². The van der Waals surface area contributed by atoms with Crippen molar-refractivity contribution in [1.29, 1.82) is 0 Å². The van der Waals surface area contributed by atoms with Gasteiger partial charge in [0.25, 0.3) is 0 Å². The molecule has 1 heterocycles. The third-order valence-electron chi connectivity index (χ3n) is 4.38. The molecule has 0 aliphatic rings. The summed E-state index contributed by atoms with van der Waals surface area (Å²) in [7, 11) is 0. The molecule has 0 aliphatic carbocycles. The minimum absolute atomic E-state index is 0.0413. The first-order valence-electron chi connectivity index (χ1n) is 9.58. The van der Waals surface area contributed by atoms with Gasteiger partial charge in [-0.1, -0.05) is 36.3 Å². The summed E-state index contributed by atoms with van der Waals surface area (Å²) in [5, 5.41) is 6.91. The summed E-state index contributed by atoms with van der Waals surface area (Å²) in [5.41, 5.74) is 3.22. The van der Waals surface area contributed by atoms with Crippen molar-refractivity contribution in [1.82, 2.24) is 15.5 Å². The lowest BCUT2D eigenvalue weighted by Gasteiger charge is -2.05. The molecule has 0 aliphatic heterocycles. The zero-order valence-electron chi connectivity index (χ0n) is 16.3. The summed E-state index contributed by atoms with van der Waals surface area (Å²) in [5.74, 6) is 1.72. The summed E-state index contributed by atoms with van der Waals surface area (Å²) < 4.78 is 10.7. The van der Waals surface area contributed by atoms with Crippen LogP contribution in [0.2, 0.25) is 0 Å². The molecular formula is C22H25N3O3. The van der Waals surface area contributed by atoms with Gasteiger partial charge < -0.3 is 14.6 Å². The molecule has 6 nitrogen and oxygen atoms in total. The third kappa shape index (κ3) is 5.42. The van der Waals surface area contributed by atoms with Crippen LogP contribution in [-0.2, 0) is 24.2 Å². The fraction of sp³-hybridized carbons (Fsp3) is 0.318. The van der Waals surface area contributed by atoms with Crippen LogP contribution in [0, 0.1) is 0 Å². The molecule has 0 unspecified atom stereocenters.